The van der Waals surface area contributed by atoms with Crippen molar-refractivity contribution in [2.45, 2.75) is 18.7 Å². The number of halogens is 9. The number of hydrogen-bond donors (Lipinski definition) is 1. The SMILES string of the molecule is N#C/C(=C/Nc1cc(C(F)(F)F)cc(C(F)(F)F)c1)C(=O)c1ccc(OC(F)(F)F)cc1. The Morgan fingerprint density at radius 3 is 1.78 bits per heavy atom. The molecule has 32 heavy (non-hydrogen) atoms. The van der Waals surface area contributed by atoms with Crippen LogP contribution in [-0.2, 0) is 12.4 Å². The van der Waals surface area contributed by atoms with Gasteiger partial charge in [-0.25, -0.2) is 0 Å². The van der Waals surface area contributed by atoms with E-state index < -0.39 is 52.6 Å². The lowest BCUT2D eigenvalue weighted by Gasteiger charge is -2.14. The average molecular weight is 468 g/mol. The van der Waals surface area contributed by atoms with E-state index in [-0.39, 0.29) is 11.6 Å². The van der Waals surface area contributed by atoms with Gasteiger partial charge in [0, 0.05) is 17.5 Å². The van der Waals surface area contributed by atoms with E-state index >= 15 is 0 Å². The highest BCUT2D eigenvalue weighted by Gasteiger charge is 2.37. The van der Waals surface area contributed by atoms with E-state index in [0.717, 1.165) is 24.3 Å². The van der Waals surface area contributed by atoms with Crippen LogP contribution >= 0.6 is 0 Å². The molecule has 2 aromatic carbocycles. The molecule has 0 radical (unpaired) electrons. The molecule has 13 heteroatoms. The second kappa shape index (κ2) is 8.81. The van der Waals surface area contributed by atoms with Crippen LogP contribution in [0.25, 0.3) is 0 Å². The van der Waals surface area contributed by atoms with Gasteiger partial charge in [-0.15, -0.1) is 13.2 Å². The van der Waals surface area contributed by atoms with Gasteiger partial charge in [0.2, 0.25) is 5.78 Å². The number of ether oxygens (including phenoxy) is 1. The number of nitrogens with one attached hydrogen (secondary N) is 1. The van der Waals surface area contributed by atoms with Crippen molar-refractivity contribution in [1.82, 2.24) is 0 Å². The Bertz CT molecular complexity index is 1030. The number of nitrogens with zero attached hydrogens (tertiary/aromatic N) is 1. The summed E-state index contributed by atoms with van der Waals surface area (Å²) < 4.78 is 117. The first-order valence-corrected chi connectivity index (χ1v) is 8.17. The molecule has 170 valence electrons. The Morgan fingerprint density at radius 1 is 0.875 bits per heavy atom. The first-order valence-electron chi connectivity index (χ1n) is 8.17. The van der Waals surface area contributed by atoms with E-state index in [0.29, 0.717) is 18.3 Å². The maximum absolute atomic E-state index is 12.9. The first kappa shape index (κ1) is 24.6. The largest absolute Gasteiger partial charge is 0.573 e. The minimum Gasteiger partial charge on any atom is -0.406 e. The standard InChI is InChI=1S/C19H9F9N2O2/c20-17(21,22)12-5-13(18(23,24)25)7-14(6-12)30-9-11(8-29)16(31)10-1-3-15(4-2-10)32-19(26,27)28/h1-7,9,30H/b11-9-. The summed E-state index contributed by atoms with van der Waals surface area (Å²) in [5, 5.41) is 11.1. The van der Waals surface area contributed by atoms with Gasteiger partial charge >= 0.3 is 18.7 Å². The Hall–Kier alpha value is -3.69. The summed E-state index contributed by atoms with van der Waals surface area (Å²) in [7, 11) is 0. The number of benzene rings is 2. The molecule has 0 spiro atoms. The fourth-order valence-electron chi connectivity index (χ4n) is 2.31. The lowest BCUT2D eigenvalue weighted by Crippen LogP contribution is -2.17. The van der Waals surface area contributed by atoms with E-state index in [1.165, 1.54) is 6.07 Å². The van der Waals surface area contributed by atoms with Gasteiger partial charge in [0.25, 0.3) is 0 Å². The van der Waals surface area contributed by atoms with Gasteiger partial charge in [0.05, 0.1) is 11.1 Å². The van der Waals surface area contributed by atoms with E-state index in [1.54, 1.807) is 0 Å². The third kappa shape index (κ3) is 6.66. The van der Waals surface area contributed by atoms with E-state index in [2.05, 4.69) is 4.74 Å². The van der Waals surface area contributed by atoms with E-state index in [4.69, 9.17) is 5.26 Å². The highest BCUT2D eigenvalue weighted by molar-refractivity contribution is 6.11. The van der Waals surface area contributed by atoms with Crippen molar-refractivity contribution in [3.63, 3.8) is 0 Å². The maximum Gasteiger partial charge on any atom is 0.573 e. The van der Waals surface area contributed by atoms with Crippen LogP contribution in [-0.4, -0.2) is 12.1 Å². The summed E-state index contributed by atoms with van der Waals surface area (Å²) in [6, 6.07) is 5.33. The van der Waals surface area contributed by atoms with Crippen molar-refractivity contribution in [2.24, 2.45) is 0 Å². The zero-order valence-electron chi connectivity index (χ0n) is 15.3. The Morgan fingerprint density at radius 2 is 1.38 bits per heavy atom. The van der Waals surface area contributed by atoms with Gasteiger partial charge in [-0.3, -0.25) is 4.79 Å². The lowest BCUT2D eigenvalue weighted by atomic mass is 10.0. The average Bonchev–Trinajstić information content (AvgIpc) is 2.66. The zero-order chi connectivity index (χ0) is 24.3. The number of alkyl halides is 9. The van der Waals surface area contributed by atoms with Crippen LogP contribution in [0, 0.1) is 11.3 Å². The van der Waals surface area contributed by atoms with Crippen LogP contribution in [0.3, 0.4) is 0 Å². The summed E-state index contributed by atoms with van der Waals surface area (Å²) >= 11 is 0. The molecule has 4 nitrogen and oxygen atoms in total. The maximum atomic E-state index is 12.9. The number of anilines is 1. The molecule has 0 aliphatic heterocycles. The highest BCUT2D eigenvalue weighted by atomic mass is 19.4. The molecule has 0 aliphatic carbocycles. The van der Waals surface area contributed by atoms with Crippen molar-refractivity contribution in [2.75, 3.05) is 5.32 Å². The number of nitriles is 1. The summed E-state index contributed by atoms with van der Waals surface area (Å²) in [5.74, 6) is -1.71. The molecule has 0 saturated heterocycles. The minimum absolute atomic E-state index is 0.101. The third-order valence-electron chi connectivity index (χ3n) is 3.69. The number of carbonyl (C=O) groups is 1. The molecule has 0 aliphatic rings. The van der Waals surface area contributed by atoms with Crippen LogP contribution in [0.4, 0.5) is 45.2 Å². The van der Waals surface area contributed by atoms with Crippen LogP contribution < -0.4 is 10.1 Å². The number of carbonyl (C=O) groups excluding carboxylic acids is 1. The molecule has 0 saturated carbocycles. The Balaban J connectivity index is 2.31. The quantitative estimate of drug-likeness (QED) is 0.241. The molecule has 0 amide bonds. The molecule has 0 bridgehead atoms. The second-order valence-electron chi connectivity index (χ2n) is 6.01. The number of hydrogen-bond acceptors (Lipinski definition) is 4. The molecule has 0 fully saturated rings. The van der Waals surface area contributed by atoms with Gasteiger partial charge in [0.1, 0.15) is 17.4 Å². The molecule has 0 atom stereocenters. The normalized spacial score (nSPS) is 12.8. The monoisotopic (exact) mass is 468 g/mol. The number of allylic oxidation sites excluding steroid dienone is 1. The minimum atomic E-state index is -5.10. The van der Waals surface area contributed by atoms with E-state index in [9.17, 15) is 44.3 Å². The van der Waals surface area contributed by atoms with Crippen molar-refractivity contribution >= 4 is 11.5 Å². The van der Waals surface area contributed by atoms with Gasteiger partial charge in [0.15, 0.2) is 0 Å². The Kier molecular flexibility index (Phi) is 6.77. The lowest BCUT2D eigenvalue weighted by molar-refractivity contribution is -0.274. The smallest absolute Gasteiger partial charge is 0.406 e. The Labute approximate surface area is 173 Å². The highest BCUT2D eigenvalue weighted by Crippen LogP contribution is 2.37. The number of rotatable bonds is 5. The summed E-state index contributed by atoms with van der Waals surface area (Å²) in [6.45, 7) is 0. The predicted molar refractivity (Wildman–Crippen MR) is 91.2 cm³/mol. The molecule has 0 heterocycles. The summed E-state index contributed by atoms with van der Waals surface area (Å²) in [4.78, 5) is 12.3. The number of Topliss-reactive ketones (excluding diaryl/α,β-unsaturated/α-hetero) is 1. The molecule has 2 aromatic rings. The van der Waals surface area contributed by atoms with Gasteiger partial charge in [-0.1, -0.05) is 0 Å². The van der Waals surface area contributed by atoms with Crippen LogP contribution in [0.15, 0.2) is 54.2 Å². The summed E-state index contributed by atoms with van der Waals surface area (Å²) in [5.41, 5.74) is -4.96. The first-order chi connectivity index (χ1) is 14.6. The van der Waals surface area contributed by atoms with E-state index in [1.807, 2.05) is 5.32 Å². The molecule has 0 unspecified atom stereocenters. The van der Waals surface area contributed by atoms with Crippen molar-refractivity contribution in [3.05, 3.63) is 70.9 Å². The topological polar surface area (TPSA) is 62.1 Å². The third-order valence-corrected chi connectivity index (χ3v) is 3.69. The molecule has 2 rings (SSSR count). The summed E-state index contributed by atoms with van der Waals surface area (Å²) in [6.07, 6.45) is -14.6. The molecule has 0 aromatic heterocycles. The molecular weight excluding hydrogens is 459 g/mol. The number of ketones is 1. The van der Waals surface area contributed by atoms with Gasteiger partial charge in [-0.05, 0) is 42.5 Å². The van der Waals surface area contributed by atoms with Crippen LogP contribution in [0.1, 0.15) is 21.5 Å². The predicted octanol–water partition coefficient (Wildman–Crippen LogP) is 6.33. The molecular formula is C19H9F9N2O2. The fourth-order valence-corrected chi connectivity index (χ4v) is 2.31. The van der Waals surface area contributed by atoms with Crippen LogP contribution in [0.2, 0.25) is 0 Å². The van der Waals surface area contributed by atoms with Crippen molar-refractivity contribution in [1.29, 1.82) is 5.26 Å². The van der Waals surface area contributed by atoms with Crippen LogP contribution in [0.5, 0.6) is 5.75 Å². The zero-order valence-corrected chi connectivity index (χ0v) is 15.3. The van der Waals surface area contributed by atoms with Crippen molar-refractivity contribution < 1.29 is 49.0 Å². The van der Waals surface area contributed by atoms with Gasteiger partial charge < -0.3 is 10.1 Å². The molecule has 1 N–H and O–H groups in total. The van der Waals surface area contributed by atoms with Gasteiger partial charge in [-0.2, -0.15) is 31.6 Å². The van der Waals surface area contributed by atoms with Crippen molar-refractivity contribution in [3.8, 4) is 11.8 Å². The second-order valence-corrected chi connectivity index (χ2v) is 6.01. The fraction of sp³-hybridized carbons (Fsp3) is 0.158.